The maximum atomic E-state index is 12.0. The molecule has 0 saturated heterocycles. The first kappa shape index (κ1) is 17.1. The molecule has 4 aromatic rings. The lowest BCUT2D eigenvalue weighted by atomic mass is 10.2. The Bertz CT molecular complexity index is 1190. The summed E-state index contributed by atoms with van der Waals surface area (Å²) in [7, 11) is 0. The third-order valence-corrected chi connectivity index (χ3v) is 4.27. The van der Waals surface area contributed by atoms with Crippen LogP contribution in [0.15, 0.2) is 64.0 Å². The molecule has 27 heavy (non-hydrogen) atoms. The zero-order valence-corrected chi connectivity index (χ0v) is 15.1. The number of halogens is 1. The molecule has 6 nitrogen and oxygen atoms in total. The Labute approximate surface area is 159 Å². The highest BCUT2D eigenvalue weighted by Crippen LogP contribution is 2.20. The van der Waals surface area contributed by atoms with Gasteiger partial charge in [-0.3, -0.25) is 4.57 Å². The van der Waals surface area contributed by atoms with Crippen molar-refractivity contribution in [3.8, 4) is 17.1 Å². The van der Waals surface area contributed by atoms with Gasteiger partial charge in [-0.2, -0.15) is 4.98 Å². The van der Waals surface area contributed by atoms with Crippen molar-refractivity contribution in [2.75, 3.05) is 0 Å². The van der Waals surface area contributed by atoms with Gasteiger partial charge in [0.05, 0.1) is 5.69 Å². The fourth-order valence-electron chi connectivity index (χ4n) is 2.76. The van der Waals surface area contributed by atoms with E-state index in [0.29, 0.717) is 16.7 Å². The molecule has 0 aliphatic rings. The molecule has 0 fully saturated rings. The van der Waals surface area contributed by atoms with Gasteiger partial charge in [0.1, 0.15) is 0 Å². The van der Waals surface area contributed by atoms with E-state index in [9.17, 15) is 4.79 Å². The minimum Gasteiger partial charge on any atom is -0.334 e. The summed E-state index contributed by atoms with van der Waals surface area (Å²) in [4.78, 5) is 19.0. The molecule has 2 aromatic heterocycles. The first-order chi connectivity index (χ1) is 13.1. The van der Waals surface area contributed by atoms with E-state index in [4.69, 9.17) is 16.1 Å². The Balaban J connectivity index is 1.62. The SMILES string of the molecule is Cc1c[nH]c(=O)n1-c1cccc(-c2noc(/C=C/c3cccc(Cl)c3)n2)c1. The van der Waals surface area contributed by atoms with E-state index in [0.717, 1.165) is 22.5 Å². The maximum Gasteiger partial charge on any atom is 0.330 e. The van der Waals surface area contributed by atoms with E-state index in [1.165, 1.54) is 0 Å². The summed E-state index contributed by atoms with van der Waals surface area (Å²) in [5.41, 5.74) is 3.05. The van der Waals surface area contributed by atoms with E-state index in [1.54, 1.807) is 16.8 Å². The summed E-state index contributed by atoms with van der Waals surface area (Å²) in [6.07, 6.45) is 5.25. The molecule has 0 amide bonds. The van der Waals surface area contributed by atoms with E-state index < -0.39 is 0 Å². The molecule has 0 aliphatic carbocycles. The second-order valence-corrected chi connectivity index (χ2v) is 6.40. The van der Waals surface area contributed by atoms with Crippen molar-refractivity contribution in [2.24, 2.45) is 0 Å². The Hall–Kier alpha value is -3.38. The van der Waals surface area contributed by atoms with E-state index in [2.05, 4.69) is 15.1 Å². The zero-order chi connectivity index (χ0) is 18.8. The van der Waals surface area contributed by atoms with Crippen molar-refractivity contribution in [3.05, 3.63) is 87.4 Å². The quantitative estimate of drug-likeness (QED) is 0.572. The lowest BCUT2D eigenvalue weighted by Crippen LogP contribution is -2.15. The lowest BCUT2D eigenvalue weighted by Gasteiger charge is -2.04. The topological polar surface area (TPSA) is 76.7 Å². The maximum absolute atomic E-state index is 12.0. The lowest BCUT2D eigenvalue weighted by molar-refractivity contribution is 0.411. The number of benzene rings is 2. The van der Waals surface area contributed by atoms with Gasteiger partial charge in [-0.25, -0.2) is 4.79 Å². The largest absolute Gasteiger partial charge is 0.334 e. The van der Waals surface area contributed by atoms with Crippen LogP contribution in [-0.2, 0) is 0 Å². The minimum atomic E-state index is -0.192. The minimum absolute atomic E-state index is 0.192. The predicted molar refractivity (Wildman–Crippen MR) is 105 cm³/mol. The fraction of sp³-hybridized carbons (Fsp3) is 0.0500. The van der Waals surface area contributed by atoms with E-state index in [-0.39, 0.29) is 5.69 Å². The Morgan fingerprint density at radius 2 is 2.00 bits per heavy atom. The van der Waals surface area contributed by atoms with Crippen LogP contribution >= 0.6 is 11.6 Å². The summed E-state index contributed by atoms with van der Waals surface area (Å²) in [6, 6.07) is 14.9. The average molecular weight is 379 g/mol. The number of nitrogens with one attached hydrogen (secondary N) is 1. The number of H-pyrrole nitrogens is 1. The van der Waals surface area contributed by atoms with Gasteiger partial charge in [-0.15, -0.1) is 0 Å². The molecule has 0 aliphatic heterocycles. The van der Waals surface area contributed by atoms with Crippen LogP contribution in [0.25, 0.3) is 29.2 Å². The summed E-state index contributed by atoms with van der Waals surface area (Å²) >= 11 is 5.98. The second kappa shape index (κ2) is 7.09. The van der Waals surface area contributed by atoms with Crippen LogP contribution in [0.5, 0.6) is 0 Å². The highest BCUT2D eigenvalue weighted by molar-refractivity contribution is 6.30. The van der Waals surface area contributed by atoms with Crippen molar-refractivity contribution < 1.29 is 4.52 Å². The van der Waals surface area contributed by atoms with Crippen molar-refractivity contribution in [1.29, 1.82) is 0 Å². The molecule has 0 spiro atoms. The van der Waals surface area contributed by atoms with Gasteiger partial charge < -0.3 is 9.51 Å². The average Bonchev–Trinajstić information content (AvgIpc) is 3.27. The smallest absolute Gasteiger partial charge is 0.330 e. The number of hydrogen-bond donors (Lipinski definition) is 1. The van der Waals surface area contributed by atoms with Gasteiger partial charge in [-0.05, 0) is 42.8 Å². The molecule has 0 bridgehead atoms. The number of aryl methyl sites for hydroxylation is 1. The normalized spacial score (nSPS) is 11.3. The fourth-order valence-corrected chi connectivity index (χ4v) is 2.96. The third-order valence-electron chi connectivity index (χ3n) is 4.03. The van der Waals surface area contributed by atoms with Crippen LogP contribution in [0.3, 0.4) is 0 Å². The number of aromatic amines is 1. The number of aromatic nitrogens is 4. The molecule has 4 rings (SSSR count). The molecule has 2 aromatic carbocycles. The van der Waals surface area contributed by atoms with E-state index >= 15 is 0 Å². The van der Waals surface area contributed by atoms with Gasteiger partial charge in [0, 0.05) is 28.6 Å². The van der Waals surface area contributed by atoms with Crippen molar-refractivity contribution in [3.63, 3.8) is 0 Å². The van der Waals surface area contributed by atoms with E-state index in [1.807, 2.05) is 61.5 Å². The molecule has 0 unspecified atom stereocenters. The summed E-state index contributed by atoms with van der Waals surface area (Å²) < 4.78 is 6.88. The van der Waals surface area contributed by atoms with Crippen LogP contribution < -0.4 is 5.69 Å². The Morgan fingerprint density at radius 3 is 2.78 bits per heavy atom. The first-order valence-corrected chi connectivity index (χ1v) is 8.63. The molecular formula is C20H15ClN4O2. The van der Waals surface area contributed by atoms with Crippen LogP contribution in [0.4, 0.5) is 0 Å². The molecule has 0 saturated carbocycles. The van der Waals surface area contributed by atoms with Crippen LogP contribution in [-0.4, -0.2) is 19.7 Å². The number of imidazole rings is 1. The van der Waals surface area contributed by atoms with Crippen molar-refractivity contribution >= 4 is 23.8 Å². The van der Waals surface area contributed by atoms with Gasteiger partial charge in [0.25, 0.3) is 5.89 Å². The molecule has 2 heterocycles. The molecule has 0 radical (unpaired) electrons. The Kier molecular flexibility index (Phi) is 4.48. The number of hydrogen-bond acceptors (Lipinski definition) is 4. The predicted octanol–water partition coefficient (Wildman–Crippen LogP) is 4.35. The van der Waals surface area contributed by atoms with Crippen LogP contribution in [0.1, 0.15) is 17.1 Å². The Morgan fingerprint density at radius 1 is 1.15 bits per heavy atom. The summed E-state index contributed by atoms with van der Waals surface area (Å²) in [5.74, 6) is 0.828. The monoisotopic (exact) mass is 378 g/mol. The molecule has 1 N–H and O–H groups in total. The third kappa shape index (κ3) is 3.61. The van der Waals surface area contributed by atoms with Crippen molar-refractivity contribution in [1.82, 2.24) is 19.7 Å². The van der Waals surface area contributed by atoms with Crippen molar-refractivity contribution in [2.45, 2.75) is 6.92 Å². The van der Waals surface area contributed by atoms with Gasteiger partial charge >= 0.3 is 5.69 Å². The standard InChI is InChI=1S/C20H15ClN4O2/c1-13-12-22-20(26)25(13)17-7-3-5-15(11-17)19-23-18(27-24-19)9-8-14-4-2-6-16(21)10-14/h2-12H,1H3,(H,22,26)/b9-8+. The highest BCUT2D eigenvalue weighted by atomic mass is 35.5. The zero-order valence-electron chi connectivity index (χ0n) is 14.4. The molecule has 7 heteroatoms. The second-order valence-electron chi connectivity index (χ2n) is 5.97. The highest BCUT2D eigenvalue weighted by Gasteiger charge is 2.10. The van der Waals surface area contributed by atoms with Gasteiger partial charge in [0.2, 0.25) is 5.82 Å². The number of rotatable bonds is 4. The summed E-state index contributed by atoms with van der Waals surface area (Å²) in [6.45, 7) is 1.86. The van der Waals surface area contributed by atoms with Crippen LogP contribution in [0.2, 0.25) is 5.02 Å². The molecule has 0 atom stereocenters. The first-order valence-electron chi connectivity index (χ1n) is 8.25. The number of nitrogens with zero attached hydrogens (tertiary/aromatic N) is 3. The van der Waals surface area contributed by atoms with Crippen LogP contribution in [0, 0.1) is 6.92 Å². The van der Waals surface area contributed by atoms with Gasteiger partial charge in [-0.1, -0.05) is 41.0 Å². The molecule has 134 valence electrons. The van der Waals surface area contributed by atoms with Gasteiger partial charge in [0.15, 0.2) is 0 Å². The molecular weight excluding hydrogens is 364 g/mol. The summed E-state index contributed by atoms with van der Waals surface area (Å²) in [5, 5.41) is 4.69.